The van der Waals surface area contributed by atoms with Crippen LogP contribution < -0.4 is 5.73 Å². The number of hydrogen-bond donors (Lipinski definition) is 2. The van der Waals surface area contributed by atoms with Gasteiger partial charge in [-0.15, -0.1) is 11.8 Å². The third kappa shape index (κ3) is 13.7. The van der Waals surface area contributed by atoms with Gasteiger partial charge < -0.3 is 15.7 Å². The molecular weight excluding hydrogens is 519 g/mol. The van der Waals surface area contributed by atoms with Crippen LogP contribution in [-0.4, -0.2) is 40.2 Å². The number of carbonyl (C=O) groups is 1. The van der Waals surface area contributed by atoms with E-state index in [4.69, 9.17) is 5.73 Å². The Kier molecular flexibility index (Phi) is 17.1. The van der Waals surface area contributed by atoms with Crippen LogP contribution in [0.15, 0.2) is 72.5 Å². The molecule has 0 aromatic heterocycles. The summed E-state index contributed by atoms with van der Waals surface area (Å²) in [6, 6.07) is 15.0. The number of allylic oxidation sites excluding steroid dienone is 2. The quantitative estimate of drug-likeness (QED) is 0.188. The number of unbranched alkanes of at least 4 members (excludes halogenated alkanes) is 7. The Morgan fingerprint density at radius 1 is 0.950 bits per heavy atom. The number of rotatable bonds is 17. The maximum absolute atomic E-state index is 13.0. The summed E-state index contributed by atoms with van der Waals surface area (Å²) in [6.07, 6.45) is 19.1. The van der Waals surface area contributed by atoms with E-state index < -0.39 is 5.97 Å². The molecule has 4 nitrogen and oxygen atoms in total. The first-order chi connectivity index (χ1) is 19.4. The Morgan fingerprint density at radius 3 is 2.30 bits per heavy atom. The van der Waals surface area contributed by atoms with Crippen molar-refractivity contribution in [1.29, 1.82) is 0 Å². The van der Waals surface area contributed by atoms with Crippen molar-refractivity contribution in [1.82, 2.24) is 4.90 Å². The highest BCUT2D eigenvalue weighted by molar-refractivity contribution is 8.00. The van der Waals surface area contributed by atoms with Crippen LogP contribution in [0.2, 0.25) is 0 Å². The molecule has 0 radical (unpaired) electrons. The number of nitrogens with zero attached hydrogens (tertiary/aromatic N) is 1. The average molecular weight is 569 g/mol. The second kappa shape index (κ2) is 20.3. The van der Waals surface area contributed by atoms with E-state index in [9.17, 15) is 14.3 Å². The van der Waals surface area contributed by atoms with Crippen LogP contribution in [0, 0.1) is 12.7 Å². The van der Waals surface area contributed by atoms with Crippen molar-refractivity contribution in [2.24, 2.45) is 5.73 Å². The fourth-order valence-corrected chi connectivity index (χ4v) is 5.94. The number of benzene rings is 2. The number of carboxylic acids is 1. The molecule has 0 spiro atoms. The molecule has 1 atom stereocenters. The number of halogens is 1. The molecule has 0 amide bonds. The molecule has 40 heavy (non-hydrogen) atoms. The van der Waals surface area contributed by atoms with E-state index in [0.717, 1.165) is 43.7 Å². The molecule has 0 fully saturated rings. The minimum Gasteiger partial charge on any atom is -0.478 e. The molecule has 3 rings (SSSR count). The monoisotopic (exact) mass is 568 g/mol. The summed E-state index contributed by atoms with van der Waals surface area (Å²) in [6.45, 7) is 5.97. The van der Waals surface area contributed by atoms with Crippen LogP contribution in [-0.2, 0) is 17.6 Å². The second-order valence-electron chi connectivity index (χ2n) is 10.5. The van der Waals surface area contributed by atoms with Gasteiger partial charge in [0.15, 0.2) is 0 Å². The van der Waals surface area contributed by atoms with Crippen molar-refractivity contribution in [2.45, 2.75) is 89.9 Å². The first-order valence-corrected chi connectivity index (χ1v) is 16.0. The number of aliphatic carboxylic acids is 1. The van der Waals surface area contributed by atoms with Gasteiger partial charge in [-0.1, -0.05) is 93.8 Å². The van der Waals surface area contributed by atoms with E-state index in [1.54, 1.807) is 30.0 Å². The summed E-state index contributed by atoms with van der Waals surface area (Å²) in [5, 5.41) is 9.43. The Hall–Kier alpha value is -2.57. The van der Waals surface area contributed by atoms with Crippen LogP contribution in [0.5, 0.6) is 0 Å². The van der Waals surface area contributed by atoms with Gasteiger partial charge in [0.25, 0.3) is 0 Å². The predicted octanol–water partition coefficient (Wildman–Crippen LogP) is 8.29. The highest BCUT2D eigenvalue weighted by atomic mass is 32.2. The van der Waals surface area contributed by atoms with Gasteiger partial charge in [-0.25, -0.2) is 9.18 Å². The summed E-state index contributed by atoms with van der Waals surface area (Å²) < 4.78 is 13.0. The Balaban J connectivity index is 0.000000432. The zero-order valence-electron chi connectivity index (χ0n) is 24.5. The minimum atomic E-state index is -0.869. The van der Waals surface area contributed by atoms with E-state index in [1.807, 2.05) is 12.3 Å². The predicted molar refractivity (Wildman–Crippen MR) is 169 cm³/mol. The lowest BCUT2D eigenvalue weighted by atomic mass is 10.1. The first kappa shape index (κ1) is 33.6. The average Bonchev–Trinajstić information content (AvgIpc) is 2.95. The zero-order chi connectivity index (χ0) is 29.0. The Morgan fingerprint density at radius 2 is 1.65 bits per heavy atom. The van der Waals surface area contributed by atoms with Crippen molar-refractivity contribution in [3.8, 4) is 0 Å². The molecular formula is C34H49FN2O2S. The normalized spacial score (nSPS) is 14.4. The van der Waals surface area contributed by atoms with Gasteiger partial charge in [-0.2, -0.15) is 0 Å². The van der Waals surface area contributed by atoms with Gasteiger partial charge >= 0.3 is 5.97 Å². The molecule has 1 heterocycles. The molecule has 2 aromatic carbocycles. The van der Waals surface area contributed by atoms with Crippen molar-refractivity contribution in [3.63, 3.8) is 0 Å². The van der Waals surface area contributed by atoms with Gasteiger partial charge in [-0.3, -0.25) is 0 Å². The van der Waals surface area contributed by atoms with Crippen molar-refractivity contribution in [3.05, 3.63) is 95.0 Å². The SMILES string of the molecule is CCCCCCCCCCN.Cc1cccc(CCN2C=CC=C(C(=O)O)C2SCCCc2ccc(F)cc2)c1. The zero-order valence-corrected chi connectivity index (χ0v) is 25.3. The largest absolute Gasteiger partial charge is 0.478 e. The summed E-state index contributed by atoms with van der Waals surface area (Å²) in [7, 11) is 0. The molecule has 0 saturated carbocycles. The third-order valence-corrected chi connectivity index (χ3v) is 8.33. The molecule has 0 bridgehead atoms. The maximum Gasteiger partial charge on any atom is 0.334 e. The molecule has 0 saturated heterocycles. The number of nitrogens with two attached hydrogens (primary N) is 1. The van der Waals surface area contributed by atoms with Gasteiger partial charge in [0, 0.05) is 12.7 Å². The van der Waals surface area contributed by atoms with Gasteiger partial charge in [0.05, 0.1) is 5.57 Å². The number of carboxylic acid groups (broad SMARTS) is 1. The van der Waals surface area contributed by atoms with Gasteiger partial charge in [-0.05, 0) is 80.3 Å². The molecule has 1 aliphatic heterocycles. The maximum atomic E-state index is 13.0. The Labute approximate surface area is 245 Å². The molecule has 220 valence electrons. The second-order valence-corrected chi connectivity index (χ2v) is 11.7. The van der Waals surface area contributed by atoms with Crippen LogP contribution in [0.3, 0.4) is 0 Å². The highest BCUT2D eigenvalue weighted by Crippen LogP contribution is 2.28. The molecule has 2 aromatic rings. The van der Waals surface area contributed by atoms with E-state index in [1.165, 1.54) is 74.6 Å². The molecule has 3 N–H and O–H groups in total. The smallest absolute Gasteiger partial charge is 0.334 e. The lowest BCUT2D eigenvalue weighted by Gasteiger charge is -2.33. The first-order valence-electron chi connectivity index (χ1n) is 14.9. The third-order valence-electron chi connectivity index (χ3n) is 6.97. The minimum absolute atomic E-state index is 0.199. The molecule has 0 aliphatic carbocycles. The van der Waals surface area contributed by atoms with Gasteiger partial charge in [0.1, 0.15) is 11.2 Å². The van der Waals surface area contributed by atoms with Crippen LogP contribution in [0.4, 0.5) is 4.39 Å². The van der Waals surface area contributed by atoms with Crippen molar-refractivity contribution < 1.29 is 14.3 Å². The van der Waals surface area contributed by atoms with E-state index in [0.29, 0.717) is 5.57 Å². The van der Waals surface area contributed by atoms with Crippen molar-refractivity contribution >= 4 is 17.7 Å². The van der Waals surface area contributed by atoms with Gasteiger partial charge in [0.2, 0.25) is 0 Å². The van der Waals surface area contributed by atoms with Crippen LogP contribution in [0.25, 0.3) is 0 Å². The lowest BCUT2D eigenvalue weighted by Crippen LogP contribution is -2.36. The lowest BCUT2D eigenvalue weighted by molar-refractivity contribution is -0.133. The standard InChI is InChI=1S/C24H26FNO2S.C10H23N/c1-18-5-2-6-20(17-18)13-15-26-14-3-8-22(24(27)28)23(26)29-16-4-7-19-9-11-21(25)12-10-19;1-2-3-4-5-6-7-8-9-10-11/h2-3,5-6,8-12,14,17,23H,4,7,13,15-16H2,1H3,(H,27,28);2-11H2,1H3. The summed E-state index contributed by atoms with van der Waals surface area (Å²) in [5.41, 5.74) is 9.39. The highest BCUT2D eigenvalue weighted by Gasteiger charge is 2.27. The summed E-state index contributed by atoms with van der Waals surface area (Å²) >= 11 is 1.65. The van der Waals surface area contributed by atoms with Crippen molar-refractivity contribution in [2.75, 3.05) is 18.8 Å². The molecule has 6 heteroatoms. The van der Waals surface area contributed by atoms with E-state index >= 15 is 0 Å². The summed E-state index contributed by atoms with van der Waals surface area (Å²) in [5.74, 6) is -0.259. The van der Waals surface area contributed by atoms with E-state index in [-0.39, 0.29) is 11.2 Å². The number of aryl methyl sites for hydroxylation is 2. The van der Waals surface area contributed by atoms with E-state index in [2.05, 4.69) is 43.0 Å². The number of hydrogen-bond acceptors (Lipinski definition) is 4. The summed E-state index contributed by atoms with van der Waals surface area (Å²) in [4.78, 5) is 13.9. The number of thioether (sulfide) groups is 1. The fraction of sp³-hybridized carbons (Fsp3) is 0.500. The van der Waals surface area contributed by atoms with Crippen LogP contribution >= 0.6 is 11.8 Å². The van der Waals surface area contributed by atoms with Crippen LogP contribution in [0.1, 0.15) is 81.4 Å². The fourth-order valence-electron chi connectivity index (χ4n) is 4.68. The molecule has 1 unspecified atom stereocenters. The molecule has 1 aliphatic rings. The topological polar surface area (TPSA) is 66.6 Å². The Bertz CT molecular complexity index is 1030.